The van der Waals surface area contributed by atoms with Crippen molar-refractivity contribution in [2.45, 2.75) is 44.7 Å². The molecule has 0 aliphatic heterocycles. The summed E-state index contributed by atoms with van der Waals surface area (Å²) in [6.45, 7) is 1.29. The molecule has 1 fully saturated rings. The molecule has 1 aliphatic carbocycles. The Balaban J connectivity index is 2.41. The normalized spacial score (nSPS) is 29.2. The van der Waals surface area contributed by atoms with E-state index in [9.17, 15) is 13.6 Å². The second kappa shape index (κ2) is 4.68. The summed E-state index contributed by atoms with van der Waals surface area (Å²) in [4.78, 5) is 11.4. The van der Waals surface area contributed by atoms with E-state index in [0.717, 1.165) is 12.8 Å². The van der Waals surface area contributed by atoms with Gasteiger partial charge < -0.3 is 11.1 Å². The van der Waals surface area contributed by atoms with Crippen LogP contribution in [0.1, 0.15) is 26.2 Å². The molecule has 0 saturated heterocycles. The van der Waals surface area contributed by atoms with Crippen molar-refractivity contribution in [3.8, 4) is 0 Å². The first-order chi connectivity index (χ1) is 6.52. The molecule has 3 unspecified atom stereocenters. The fourth-order valence-corrected chi connectivity index (χ4v) is 1.71. The third-order valence-electron chi connectivity index (χ3n) is 2.65. The molecular formula is C9H16F2N2O. The van der Waals surface area contributed by atoms with Crippen LogP contribution < -0.4 is 11.1 Å². The van der Waals surface area contributed by atoms with E-state index in [-0.39, 0.29) is 17.9 Å². The molecule has 1 aliphatic rings. The zero-order valence-corrected chi connectivity index (χ0v) is 8.17. The Labute approximate surface area is 82.0 Å². The molecule has 5 heteroatoms. The number of carbonyl (C=O) groups excluding carboxylic acids is 1. The number of hydrogen-bond acceptors (Lipinski definition) is 2. The van der Waals surface area contributed by atoms with Crippen molar-refractivity contribution < 1.29 is 13.6 Å². The zero-order chi connectivity index (χ0) is 10.7. The van der Waals surface area contributed by atoms with Crippen LogP contribution in [0.15, 0.2) is 0 Å². The van der Waals surface area contributed by atoms with Gasteiger partial charge in [-0.15, -0.1) is 0 Å². The highest BCUT2D eigenvalue weighted by Gasteiger charge is 2.31. The molecule has 1 rings (SSSR count). The van der Waals surface area contributed by atoms with Crippen LogP contribution in [0.5, 0.6) is 0 Å². The first-order valence-corrected chi connectivity index (χ1v) is 4.86. The number of nitrogens with one attached hydrogen (secondary N) is 1. The van der Waals surface area contributed by atoms with Crippen molar-refractivity contribution in [3.05, 3.63) is 0 Å². The molecule has 0 bridgehead atoms. The molecule has 82 valence electrons. The Morgan fingerprint density at radius 2 is 2.14 bits per heavy atom. The molecule has 0 radical (unpaired) electrons. The summed E-state index contributed by atoms with van der Waals surface area (Å²) >= 11 is 0. The molecule has 0 aromatic rings. The summed E-state index contributed by atoms with van der Waals surface area (Å²) < 4.78 is 24.3. The molecule has 3 nitrogen and oxygen atoms in total. The van der Waals surface area contributed by atoms with E-state index >= 15 is 0 Å². The second-order valence-corrected chi connectivity index (χ2v) is 3.83. The number of nitrogens with two attached hydrogens (primary N) is 1. The average molecular weight is 206 g/mol. The Kier molecular flexibility index (Phi) is 3.80. The lowest BCUT2D eigenvalue weighted by Crippen LogP contribution is -2.44. The molecule has 0 heterocycles. The smallest absolute Gasteiger partial charge is 0.258 e. The highest BCUT2D eigenvalue weighted by Crippen LogP contribution is 2.24. The molecule has 3 atom stereocenters. The van der Waals surface area contributed by atoms with Crippen molar-refractivity contribution in [1.82, 2.24) is 5.32 Å². The van der Waals surface area contributed by atoms with Gasteiger partial charge in [-0.25, -0.2) is 8.78 Å². The van der Waals surface area contributed by atoms with Crippen LogP contribution in [0.3, 0.4) is 0 Å². The summed E-state index contributed by atoms with van der Waals surface area (Å²) in [5, 5.41) is 2.28. The Bertz CT molecular complexity index is 211. The van der Waals surface area contributed by atoms with Crippen LogP contribution in [-0.4, -0.2) is 24.4 Å². The summed E-state index contributed by atoms with van der Waals surface area (Å²) in [5.74, 6) is -0.612. The van der Waals surface area contributed by atoms with Gasteiger partial charge in [-0.3, -0.25) is 4.79 Å². The van der Waals surface area contributed by atoms with Gasteiger partial charge in [0.05, 0.1) is 12.0 Å². The Morgan fingerprint density at radius 1 is 1.50 bits per heavy atom. The Morgan fingerprint density at radius 3 is 2.57 bits per heavy atom. The van der Waals surface area contributed by atoms with Crippen LogP contribution in [0.2, 0.25) is 0 Å². The Hall–Kier alpha value is -0.710. The number of alkyl halides is 2. The molecule has 0 aromatic heterocycles. The number of carbonyl (C=O) groups is 1. The fraction of sp³-hybridized carbons (Fsp3) is 0.889. The van der Waals surface area contributed by atoms with Gasteiger partial charge in [-0.2, -0.15) is 0 Å². The monoisotopic (exact) mass is 206 g/mol. The van der Waals surface area contributed by atoms with E-state index in [1.807, 2.05) is 0 Å². The van der Waals surface area contributed by atoms with E-state index in [0.29, 0.717) is 6.42 Å². The van der Waals surface area contributed by atoms with Crippen molar-refractivity contribution in [3.63, 3.8) is 0 Å². The predicted octanol–water partition coefficient (Wildman–Crippen LogP) is 0.884. The minimum absolute atomic E-state index is 0.167. The molecule has 0 spiro atoms. The number of amides is 1. The fourth-order valence-electron chi connectivity index (χ4n) is 1.71. The third-order valence-corrected chi connectivity index (χ3v) is 2.65. The maximum atomic E-state index is 12.1. The second-order valence-electron chi connectivity index (χ2n) is 3.83. The maximum absolute atomic E-state index is 12.1. The summed E-state index contributed by atoms with van der Waals surface area (Å²) in [6, 6.07) is -1.25. The van der Waals surface area contributed by atoms with E-state index in [4.69, 9.17) is 5.73 Å². The van der Waals surface area contributed by atoms with Gasteiger partial charge in [0.15, 0.2) is 0 Å². The van der Waals surface area contributed by atoms with Crippen LogP contribution in [0.25, 0.3) is 0 Å². The van der Waals surface area contributed by atoms with E-state index < -0.39 is 12.5 Å². The van der Waals surface area contributed by atoms with Crippen molar-refractivity contribution in [2.75, 3.05) is 0 Å². The molecular weight excluding hydrogens is 190 g/mol. The first kappa shape index (κ1) is 11.4. The molecule has 1 amide bonds. The van der Waals surface area contributed by atoms with Gasteiger partial charge in [0.1, 0.15) is 0 Å². The number of rotatable bonds is 3. The van der Waals surface area contributed by atoms with Gasteiger partial charge in [0.25, 0.3) is 6.43 Å². The largest absolute Gasteiger partial charge is 0.348 e. The zero-order valence-electron chi connectivity index (χ0n) is 8.17. The van der Waals surface area contributed by atoms with E-state index in [2.05, 4.69) is 5.32 Å². The van der Waals surface area contributed by atoms with Crippen LogP contribution in [0, 0.1) is 5.92 Å². The third kappa shape index (κ3) is 2.64. The van der Waals surface area contributed by atoms with Crippen molar-refractivity contribution in [2.24, 2.45) is 11.7 Å². The van der Waals surface area contributed by atoms with Gasteiger partial charge in [-0.05, 0) is 19.8 Å². The first-order valence-electron chi connectivity index (χ1n) is 4.86. The SMILES string of the molecule is CC(NC(=O)C1CCCC1N)C(F)F. The maximum Gasteiger partial charge on any atom is 0.258 e. The lowest BCUT2D eigenvalue weighted by atomic mass is 10.0. The van der Waals surface area contributed by atoms with Crippen molar-refractivity contribution >= 4 is 5.91 Å². The summed E-state index contributed by atoms with van der Waals surface area (Å²) in [5.41, 5.74) is 5.68. The molecule has 3 N–H and O–H groups in total. The average Bonchev–Trinajstić information content (AvgIpc) is 2.51. The quantitative estimate of drug-likeness (QED) is 0.720. The summed E-state index contributed by atoms with van der Waals surface area (Å²) in [7, 11) is 0. The number of hydrogen-bond donors (Lipinski definition) is 2. The molecule has 0 aromatic carbocycles. The minimum atomic E-state index is -2.52. The van der Waals surface area contributed by atoms with Crippen molar-refractivity contribution in [1.29, 1.82) is 0 Å². The topological polar surface area (TPSA) is 55.1 Å². The van der Waals surface area contributed by atoms with Crippen LogP contribution in [-0.2, 0) is 4.79 Å². The standard InChI is InChI=1S/C9H16F2N2O/c1-5(8(10)11)13-9(14)6-3-2-4-7(6)12/h5-8H,2-4,12H2,1H3,(H,13,14). The highest BCUT2D eigenvalue weighted by molar-refractivity contribution is 5.80. The minimum Gasteiger partial charge on any atom is -0.348 e. The van der Waals surface area contributed by atoms with Crippen LogP contribution >= 0.6 is 0 Å². The highest BCUT2D eigenvalue weighted by atomic mass is 19.3. The van der Waals surface area contributed by atoms with E-state index in [1.165, 1.54) is 6.92 Å². The van der Waals surface area contributed by atoms with Gasteiger partial charge in [-0.1, -0.05) is 6.42 Å². The van der Waals surface area contributed by atoms with Gasteiger partial charge >= 0.3 is 0 Å². The van der Waals surface area contributed by atoms with Crippen LogP contribution in [0.4, 0.5) is 8.78 Å². The summed E-state index contributed by atoms with van der Waals surface area (Å²) in [6.07, 6.45) is -0.0940. The number of halogens is 2. The predicted molar refractivity (Wildman–Crippen MR) is 48.9 cm³/mol. The van der Waals surface area contributed by atoms with E-state index in [1.54, 1.807) is 0 Å². The lowest BCUT2D eigenvalue weighted by molar-refractivity contribution is -0.126. The lowest BCUT2D eigenvalue weighted by Gasteiger charge is -2.18. The van der Waals surface area contributed by atoms with Gasteiger partial charge in [0, 0.05) is 6.04 Å². The molecule has 14 heavy (non-hydrogen) atoms. The molecule has 1 saturated carbocycles. The van der Waals surface area contributed by atoms with Gasteiger partial charge in [0.2, 0.25) is 5.91 Å².